The lowest BCUT2D eigenvalue weighted by Gasteiger charge is -2.04. The number of aromatic hydroxyl groups is 1. The molecule has 0 spiro atoms. The first-order valence-electron chi connectivity index (χ1n) is 2.85. The first-order chi connectivity index (χ1) is 5.54. The Bertz CT molecular complexity index is 305. The highest BCUT2D eigenvalue weighted by Crippen LogP contribution is 2.33. The third-order valence-electron chi connectivity index (χ3n) is 1.20. The van der Waals surface area contributed by atoms with Gasteiger partial charge in [-0.05, 0) is 0 Å². The fraction of sp³-hybridized carbons (Fsp3) is 0.167. The van der Waals surface area contributed by atoms with Gasteiger partial charge in [0.2, 0.25) is 5.95 Å². The summed E-state index contributed by atoms with van der Waals surface area (Å²) in [5.74, 6) is -2.03. The number of aromatic nitrogens is 1. The van der Waals surface area contributed by atoms with Gasteiger partial charge < -0.3 is 5.11 Å². The summed E-state index contributed by atoms with van der Waals surface area (Å²) >= 11 is 5.18. The number of pyridine rings is 1. The van der Waals surface area contributed by atoms with Gasteiger partial charge in [0.05, 0.1) is 16.8 Å². The number of alkyl halides is 2. The van der Waals surface area contributed by atoms with Crippen molar-refractivity contribution in [3.8, 4) is 5.75 Å². The lowest BCUT2D eigenvalue weighted by molar-refractivity contribution is 0.144. The van der Waals surface area contributed by atoms with Crippen LogP contribution in [-0.4, -0.2) is 10.1 Å². The first-order valence-corrected chi connectivity index (χ1v) is 3.23. The van der Waals surface area contributed by atoms with Crippen molar-refractivity contribution in [2.45, 2.75) is 6.43 Å². The van der Waals surface area contributed by atoms with Crippen LogP contribution in [0.15, 0.2) is 6.20 Å². The van der Waals surface area contributed by atoms with Crippen molar-refractivity contribution in [2.75, 3.05) is 0 Å². The van der Waals surface area contributed by atoms with E-state index in [0.29, 0.717) is 6.20 Å². The maximum Gasteiger partial charge on any atom is 0.269 e. The molecule has 6 heteroatoms. The van der Waals surface area contributed by atoms with Crippen molar-refractivity contribution in [1.29, 1.82) is 0 Å². The van der Waals surface area contributed by atoms with Gasteiger partial charge in [-0.1, -0.05) is 11.6 Å². The topological polar surface area (TPSA) is 33.1 Å². The van der Waals surface area contributed by atoms with Crippen LogP contribution in [0.4, 0.5) is 13.2 Å². The normalized spacial score (nSPS) is 10.8. The number of hydrogen-bond acceptors (Lipinski definition) is 2. The SMILES string of the molecule is Oc1cnc(F)c(C(F)F)c1Cl. The van der Waals surface area contributed by atoms with Gasteiger partial charge in [0.15, 0.2) is 5.75 Å². The fourth-order valence-corrected chi connectivity index (χ4v) is 0.868. The Morgan fingerprint density at radius 3 is 2.50 bits per heavy atom. The third-order valence-corrected chi connectivity index (χ3v) is 1.60. The van der Waals surface area contributed by atoms with Crippen molar-refractivity contribution >= 4 is 11.6 Å². The van der Waals surface area contributed by atoms with Crippen LogP contribution in [0.1, 0.15) is 12.0 Å². The molecule has 0 bridgehead atoms. The van der Waals surface area contributed by atoms with Gasteiger partial charge in [0.25, 0.3) is 6.43 Å². The largest absolute Gasteiger partial charge is 0.505 e. The molecule has 0 amide bonds. The van der Waals surface area contributed by atoms with E-state index in [-0.39, 0.29) is 0 Å². The molecule has 0 aliphatic heterocycles. The molecule has 0 fully saturated rings. The average molecular weight is 198 g/mol. The molecule has 1 aromatic rings. The van der Waals surface area contributed by atoms with Crippen molar-refractivity contribution in [3.05, 3.63) is 22.7 Å². The maximum atomic E-state index is 12.5. The molecule has 0 radical (unpaired) electrons. The van der Waals surface area contributed by atoms with E-state index in [2.05, 4.69) is 4.98 Å². The molecule has 0 saturated carbocycles. The van der Waals surface area contributed by atoms with Gasteiger partial charge in [-0.2, -0.15) is 4.39 Å². The summed E-state index contributed by atoms with van der Waals surface area (Å²) in [5.41, 5.74) is -1.07. The molecule has 2 nitrogen and oxygen atoms in total. The summed E-state index contributed by atoms with van der Waals surface area (Å²) in [6, 6.07) is 0. The molecule has 1 aromatic heterocycles. The molecule has 1 rings (SSSR count). The van der Waals surface area contributed by atoms with Gasteiger partial charge in [0.1, 0.15) is 0 Å². The lowest BCUT2D eigenvalue weighted by Crippen LogP contribution is -1.95. The average Bonchev–Trinajstić information content (AvgIpc) is 1.97. The molecule has 0 aliphatic rings. The minimum Gasteiger partial charge on any atom is -0.505 e. The standard InChI is InChI=1S/C6H3ClF3NO/c7-4-2(12)1-11-6(10)3(4)5(8)9/h1,5,12H. The van der Waals surface area contributed by atoms with Crippen LogP contribution in [0.2, 0.25) is 5.02 Å². The number of nitrogens with zero attached hydrogens (tertiary/aromatic N) is 1. The lowest BCUT2D eigenvalue weighted by atomic mass is 10.3. The smallest absolute Gasteiger partial charge is 0.269 e. The minimum absolute atomic E-state index is 0.659. The highest BCUT2D eigenvalue weighted by atomic mass is 35.5. The molecule has 0 atom stereocenters. The van der Waals surface area contributed by atoms with E-state index in [1.54, 1.807) is 0 Å². The number of halogens is 4. The fourth-order valence-electron chi connectivity index (χ4n) is 0.658. The van der Waals surface area contributed by atoms with E-state index >= 15 is 0 Å². The summed E-state index contributed by atoms with van der Waals surface area (Å²) < 4.78 is 36.5. The maximum absolute atomic E-state index is 12.5. The molecular weight excluding hydrogens is 195 g/mol. The second-order valence-corrected chi connectivity index (χ2v) is 2.34. The minimum atomic E-state index is -3.09. The van der Waals surface area contributed by atoms with Crippen LogP contribution in [0.25, 0.3) is 0 Å². The van der Waals surface area contributed by atoms with E-state index in [9.17, 15) is 13.2 Å². The number of hydrogen-bond donors (Lipinski definition) is 1. The Hall–Kier alpha value is -0.970. The third kappa shape index (κ3) is 1.45. The van der Waals surface area contributed by atoms with E-state index in [1.807, 2.05) is 0 Å². The second kappa shape index (κ2) is 3.18. The molecule has 0 saturated heterocycles. The van der Waals surface area contributed by atoms with E-state index in [1.165, 1.54) is 0 Å². The zero-order chi connectivity index (χ0) is 9.30. The van der Waals surface area contributed by atoms with Crippen LogP contribution < -0.4 is 0 Å². The second-order valence-electron chi connectivity index (χ2n) is 1.96. The van der Waals surface area contributed by atoms with Gasteiger partial charge in [-0.25, -0.2) is 13.8 Å². The van der Waals surface area contributed by atoms with Gasteiger partial charge in [0, 0.05) is 0 Å². The Morgan fingerprint density at radius 1 is 1.50 bits per heavy atom. The molecule has 0 aromatic carbocycles. The van der Waals surface area contributed by atoms with Gasteiger partial charge >= 0.3 is 0 Å². The van der Waals surface area contributed by atoms with Crippen LogP contribution in [0.5, 0.6) is 5.75 Å². The van der Waals surface area contributed by atoms with Crippen LogP contribution >= 0.6 is 11.6 Å². The van der Waals surface area contributed by atoms with Crippen LogP contribution in [-0.2, 0) is 0 Å². The summed E-state index contributed by atoms with van der Waals surface area (Å²) in [5, 5.41) is 8.08. The molecule has 66 valence electrons. The van der Waals surface area contributed by atoms with Crippen molar-refractivity contribution in [1.82, 2.24) is 4.98 Å². The van der Waals surface area contributed by atoms with Crippen molar-refractivity contribution in [2.24, 2.45) is 0 Å². The Kier molecular flexibility index (Phi) is 2.42. The van der Waals surface area contributed by atoms with Crippen LogP contribution in [0.3, 0.4) is 0 Å². The molecule has 1 heterocycles. The first kappa shape index (κ1) is 9.12. The predicted molar refractivity (Wildman–Crippen MR) is 35.8 cm³/mol. The highest BCUT2D eigenvalue weighted by molar-refractivity contribution is 6.32. The summed E-state index contributed by atoms with van der Waals surface area (Å²) in [7, 11) is 0. The van der Waals surface area contributed by atoms with Crippen molar-refractivity contribution < 1.29 is 18.3 Å². The summed E-state index contributed by atoms with van der Waals surface area (Å²) in [4.78, 5) is 2.88. The summed E-state index contributed by atoms with van der Waals surface area (Å²) in [6.07, 6.45) is -2.42. The predicted octanol–water partition coefficient (Wildman–Crippen LogP) is 2.52. The summed E-state index contributed by atoms with van der Waals surface area (Å²) in [6.45, 7) is 0. The van der Waals surface area contributed by atoms with Gasteiger partial charge in [-0.3, -0.25) is 0 Å². The monoisotopic (exact) mass is 197 g/mol. The zero-order valence-electron chi connectivity index (χ0n) is 5.56. The molecule has 12 heavy (non-hydrogen) atoms. The van der Waals surface area contributed by atoms with Crippen molar-refractivity contribution in [3.63, 3.8) is 0 Å². The van der Waals surface area contributed by atoms with Gasteiger partial charge in [-0.15, -0.1) is 0 Å². The molecule has 1 N–H and O–H groups in total. The molecule has 0 unspecified atom stereocenters. The zero-order valence-corrected chi connectivity index (χ0v) is 6.32. The highest BCUT2D eigenvalue weighted by Gasteiger charge is 2.21. The van der Waals surface area contributed by atoms with E-state index < -0.39 is 28.7 Å². The quantitative estimate of drug-likeness (QED) is 0.702. The van der Waals surface area contributed by atoms with E-state index in [0.717, 1.165) is 0 Å². The molecular formula is C6H3ClF3NO. The number of rotatable bonds is 1. The van der Waals surface area contributed by atoms with Crippen LogP contribution in [0, 0.1) is 5.95 Å². The molecule has 0 aliphatic carbocycles. The Balaban J connectivity index is 3.33. The Labute approximate surface area is 70.6 Å². The van der Waals surface area contributed by atoms with E-state index in [4.69, 9.17) is 16.7 Å². The Morgan fingerprint density at radius 2 is 2.08 bits per heavy atom.